The van der Waals surface area contributed by atoms with Crippen LogP contribution in [0.1, 0.15) is 44.8 Å². The minimum absolute atomic E-state index is 0.0842. The Bertz CT molecular complexity index is 1410. The van der Waals surface area contributed by atoms with Gasteiger partial charge in [-0.3, -0.25) is 24.1 Å². The van der Waals surface area contributed by atoms with Crippen molar-refractivity contribution in [2.24, 2.45) is 11.8 Å². The summed E-state index contributed by atoms with van der Waals surface area (Å²) in [6.45, 7) is 7.67. The largest absolute Gasteiger partial charge is 0.455 e. The fourth-order valence-electron chi connectivity index (χ4n) is 7.97. The molecule has 48 heavy (non-hydrogen) atoms. The van der Waals surface area contributed by atoms with E-state index in [0.717, 1.165) is 18.7 Å². The minimum Gasteiger partial charge on any atom is -0.455 e. The summed E-state index contributed by atoms with van der Waals surface area (Å²) in [5.74, 6) is -3.51. The van der Waals surface area contributed by atoms with Gasteiger partial charge in [-0.25, -0.2) is 0 Å². The number of likely N-dealkylation sites (tertiary alicyclic amines) is 1. The maximum absolute atomic E-state index is 14.7. The molecule has 260 valence electrons. The number of esters is 1. The number of morpholine rings is 1. The molecule has 12 heteroatoms. The van der Waals surface area contributed by atoms with Crippen LogP contribution in [0.15, 0.2) is 54.6 Å². The number of ether oxygens (including phenoxy) is 3. The fourth-order valence-corrected chi connectivity index (χ4v) is 7.97. The van der Waals surface area contributed by atoms with E-state index in [-0.39, 0.29) is 24.8 Å². The molecule has 12 nitrogen and oxygen atoms in total. The van der Waals surface area contributed by atoms with E-state index in [9.17, 15) is 24.3 Å². The third kappa shape index (κ3) is 6.19. The average Bonchev–Trinajstić information content (AvgIpc) is 3.50. The molecular formula is C36H48N4O8. The Balaban J connectivity index is 1.39. The molecule has 0 unspecified atom stereocenters. The summed E-state index contributed by atoms with van der Waals surface area (Å²) < 4.78 is 18.6. The smallest absolute Gasteiger partial charge is 0.313 e. The molecule has 1 spiro atoms. The van der Waals surface area contributed by atoms with E-state index in [0.29, 0.717) is 45.7 Å². The minimum atomic E-state index is -1.45. The third-order valence-electron chi connectivity index (χ3n) is 10.8. The standard InChI is InChI=1S/C36H48N4O8/c1-4-26(23-41)40-32-34(44)39(18-17-38-19-21-46-22-20-38)16-10-15-36(32)30(33(40)43)29-27(48-36)13-8-9-14-28(42)37(3)24(2)31(47-35(29)45)25-11-6-5-7-12-25/h5-8,10-13,15,24,26-27,29-32,41H,4,9,14,16-23H2,1-3H3/b13-8-/t24-,26+,27-,29+,30+,31+,32-,36+/m1/s1. The van der Waals surface area contributed by atoms with Gasteiger partial charge < -0.3 is 34.0 Å². The molecule has 1 aromatic carbocycles. The summed E-state index contributed by atoms with van der Waals surface area (Å²) in [5, 5.41) is 10.4. The Morgan fingerprint density at radius 2 is 1.77 bits per heavy atom. The summed E-state index contributed by atoms with van der Waals surface area (Å²) >= 11 is 0. The highest BCUT2D eigenvalue weighted by Crippen LogP contribution is 2.54. The molecule has 5 aliphatic heterocycles. The molecule has 6 rings (SSSR count). The number of cyclic esters (lactones) is 1. The maximum Gasteiger partial charge on any atom is 0.313 e. The van der Waals surface area contributed by atoms with Crippen LogP contribution in [-0.2, 0) is 33.4 Å². The lowest BCUT2D eigenvalue weighted by Crippen LogP contribution is -2.58. The number of fused-ring (bicyclic) bond motifs is 2. The number of rotatable bonds is 7. The molecule has 1 aromatic rings. The van der Waals surface area contributed by atoms with E-state index in [1.165, 1.54) is 4.90 Å². The number of carbonyl (C=O) groups excluding carboxylic acids is 4. The number of aliphatic hydroxyl groups is 1. The van der Waals surface area contributed by atoms with Crippen LogP contribution in [0.2, 0.25) is 0 Å². The first-order valence-corrected chi connectivity index (χ1v) is 17.3. The number of aliphatic hydroxyl groups excluding tert-OH is 1. The molecule has 0 aromatic heterocycles. The van der Waals surface area contributed by atoms with Crippen molar-refractivity contribution >= 4 is 23.7 Å². The first kappa shape index (κ1) is 34.3. The van der Waals surface area contributed by atoms with Crippen molar-refractivity contribution in [2.75, 3.05) is 59.6 Å². The number of allylic oxidation sites excluding steroid dienone is 1. The number of carbonyl (C=O) groups is 4. The average molecular weight is 665 g/mol. The second-order valence-corrected chi connectivity index (χ2v) is 13.5. The summed E-state index contributed by atoms with van der Waals surface area (Å²) in [5.41, 5.74) is -0.733. The normalized spacial score (nSPS) is 34.5. The molecule has 5 heterocycles. The van der Waals surface area contributed by atoms with E-state index in [1.54, 1.807) is 29.0 Å². The van der Waals surface area contributed by atoms with E-state index >= 15 is 0 Å². The molecule has 5 aliphatic rings. The van der Waals surface area contributed by atoms with Crippen molar-refractivity contribution in [2.45, 2.75) is 69.0 Å². The molecule has 1 N–H and O–H groups in total. The zero-order valence-corrected chi connectivity index (χ0v) is 28.1. The quantitative estimate of drug-likeness (QED) is 0.341. The van der Waals surface area contributed by atoms with Crippen LogP contribution in [0, 0.1) is 11.8 Å². The van der Waals surface area contributed by atoms with Crippen LogP contribution in [0.3, 0.4) is 0 Å². The SMILES string of the molecule is CC[C@@H](CO)N1C(=O)[C@@H]2[C@H]3C(=O)O[C@H](c4ccccc4)[C@@H](C)N(C)C(=O)CC/C=C\[C@H]3O[C@@]23C=CCN(CCN2CCOCC2)C(=O)[C@@H]13. The zero-order valence-electron chi connectivity index (χ0n) is 28.1. The van der Waals surface area contributed by atoms with Crippen LogP contribution in [-0.4, -0.2) is 138 Å². The van der Waals surface area contributed by atoms with Gasteiger partial charge in [0.2, 0.25) is 17.7 Å². The predicted molar refractivity (Wildman–Crippen MR) is 175 cm³/mol. The second-order valence-electron chi connectivity index (χ2n) is 13.5. The van der Waals surface area contributed by atoms with Crippen molar-refractivity contribution < 1.29 is 38.5 Å². The first-order valence-electron chi connectivity index (χ1n) is 17.3. The van der Waals surface area contributed by atoms with Gasteiger partial charge in [0.15, 0.2) is 0 Å². The lowest BCUT2D eigenvalue weighted by atomic mass is 9.77. The lowest BCUT2D eigenvalue weighted by Gasteiger charge is -2.38. The molecule has 0 bridgehead atoms. The van der Waals surface area contributed by atoms with Gasteiger partial charge in [0.25, 0.3) is 0 Å². The van der Waals surface area contributed by atoms with Gasteiger partial charge >= 0.3 is 5.97 Å². The van der Waals surface area contributed by atoms with Crippen molar-refractivity contribution in [1.29, 1.82) is 0 Å². The highest BCUT2D eigenvalue weighted by Gasteiger charge is 2.72. The molecule has 0 aliphatic carbocycles. The number of amides is 3. The maximum atomic E-state index is 14.7. The number of likely N-dealkylation sites (N-methyl/N-ethyl adjacent to an activating group) is 1. The lowest BCUT2D eigenvalue weighted by molar-refractivity contribution is -0.164. The Morgan fingerprint density at radius 1 is 1.02 bits per heavy atom. The van der Waals surface area contributed by atoms with E-state index < -0.39 is 59.6 Å². The molecule has 3 amide bonds. The molecule has 3 fully saturated rings. The number of hydrogen-bond acceptors (Lipinski definition) is 9. The molecular weight excluding hydrogens is 616 g/mol. The van der Waals surface area contributed by atoms with Crippen molar-refractivity contribution in [3.8, 4) is 0 Å². The van der Waals surface area contributed by atoms with Crippen molar-refractivity contribution in [1.82, 2.24) is 19.6 Å². The number of nitrogens with zero attached hydrogens (tertiary/aromatic N) is 4. The van der Waals surface area contributed by atoms with Crippen LogP contribution in [0.4, 0.5) is 0 Å². The van der Waals surface area contributed by atoms with E-state index in [2.05, 4.69) is 4.90 Å². The molecule has 0 radical (unpaired) electrons. The number of benzene rings is 1. The Labute approximate surface area is 282 Å². The summed E-state index contributed by atoms with van der Waals surface area (Å²) in [4.78, 5) is 64.0. The fraction of sp³-hybridized carbons (Fsp3) is 0.611. The van der Waals surface area contributed by atoms with E-state index in [1.807, 2.05) is 56.3 Å². The van der Waals surface area contributed by atoms with Gasteiger partial charge in [-0.1, -0.05) is 61.6 Å². The predicted octanol–water partition coefficient (Wildman–Crippen LogP) is 1.55. The van der Waals surface area contributed by atoms with Gasteiger partial charge in [0.05, 0.1) is 43.9 Å². The molecule has 3 saturated heterocycles. The Hall–Kier alpha value is -3.58. The van der Waals surface area contributed by atoms with Crippen LogP contribution in [0.25, 0.3) is 0 Å². The summed E-state index contributed by atoms with van der Waals surface area (Å²) in [7, 11) is 1.71. The first-order chi connectivity index (χ1) is 23.2. The van der Waals surface area contributed by atoms with Crippen LogP contribution >= 0.6 is 0 Å². The van der Waals surface area contributed by atoms with E-state index in [4.69, 9.17) is 14.2 Å². The summed E-state index contributed by atoms with van der Waals surface area (Å²) in [6.07, 6.45) is 6.63. The van der Waals surface area contributed by atoms with Gasteiger partial charge in [-0.2, -0.15) is 0 Å². The Kier molecular flexibility index (Phi) is 10.4. The topological polar surface area (TPSA) is 129 Å². The van der Waals surface area contributed by atoms with Gasteiger partial charge in [-0.05, 0) is 25.3 Å². The third-order valence-corrected chi connectivity index (χ3v) is 10.8. The Morgan fingerprint density at radius 3 is 2.48 bits per heavy atom. The van der Waals surface area contributed by atoms with Crippen LogP contribution in [0.5, 0.6) is 0 Å². The monoisotopic (exact) mass is 664 g/mol. The zero-order chi connectivity index (χ0) is 34.0. The highest BCUT2D eigenvalue weighted by molar-refractivity contribution is 5.99. The van der Waals surface area contributed by atoms with Gasteiger partial charge in [-0.15, -0.1) is 0 Å². The van der Waals surface area contributed by atoms with Crippen molar-refractivity contribution in [3.05, 3.63) is 60.2 Å². The van der Waals surface area contributed by atoms with Gasteiger partial charge in [0, 0.05) is 46.2 Å². The van der Waals surface area contributed by atoms with Gasteiger partial charge in [0.1, 0.15) is 23.7 Å². The molecule has 8 atom stereocenters. The highest BCUT2D eigenvalue weighted by atomic mass is 16.6. The van der Waals surface area contributed by atoms with Crippen molar-refractivity contribution in [3.63, 3.8) is 0 Å². The summed E-state index contributed by atoms with van der Waals surface area (Å²) in [6, 6.07) is 7.06. The van der Waals surface area contributed by atoms with Crippen LogP contribution < -0.4 is 0 Å². The number of hydrogen-bond donors (Lipinski definition) is 1. The second kappa shape index (κ2) is 14.5. The molecule has 0 saturated carbocycles.